The molecule has 0 aliphatic heterocycles. The maximum atomic E-state index is 11.9. The van der Waals surface area contributed by atoms with Gasteiger partial charge in [0.25, 0.3) is 0 Å². The van der Waals surface area contributed by atoms with E-state index in [0.717, 1.165) is 17.7 Å². The Balaban J connectivity index is 1.86. The second kappa shape index (κ2) is 9.96. The summed E-state index contributed by atoms with van der Waals surface area (Å²) >= 11 is 1.22. The lowest BCUT2D eigenvalue weighted by molar-refractivity contribution is -0.117. The lowest BCUT2D eigenvalue weighted by Gasteiger charge is -2.08. The Morgan fingerprint density at radius 3 is 2.56 bits per heavy atom. The minimum atomic E-state index is -0.474. The molecule has 0 saturated carbocycles. The van der Waals surface area contributed by atoms with Crippen LogP contribution in [0.4, 0.5) is 4.79 Å². The van der Waals surface area contributed by atoms with Crippen molar-refractivity contribution in [1.82, 2.24) is 25.4 Å². The molecule has 0 aliphatic carbocycles. The number of aromatic nitrogens is 3. The fourth-order valence-electron chi connectivity index (χ4n) is 2.24. The lowest BCUT2D eigenvalue weighted by atomic mass is 10.1. The van der Waals surface area contributed by atoms with E-state index < -0.39 is 6.03 Å². The molecule has 1 heterocycles. The number of ether oxygens (including phenoxy) is 1. The van der Waals surface area contributed by atoms with Gasteiger partial charge in [0.2, 0.25) is 5.91 Å². The second-order valence-corrected chi connectivity index (χ2v) is 7.31. The number of rotatable bonds is 8. The van der Waals surface area contributed by atoms with Gasteiger partial charge in [0.15, 0.2) is 11.0 Å². The van der Waals surface area contributed by atoms with Crippen LogP contribution in [-0.4, -0.2) is 46.1 Å². The number of amides is 3. The van der Waals surface area contributed by atoms with Gasteiger partial charge >= 0.3 is 6.03 Å². The van der Waals surface area contributed by atoms with Crippen LogP contribution < -0.4 is 15.4 Å². The number of hydrogen-bond donors (Lipinski definition) is 2. The van der Waals surface area contributed by atoms with E-state index in [1.165, 1.54) is 11.8 Å². The number of nitrogens with one attached hydrogen (secondary N) is 2. The van der Waals surface area contributed by atoms with Crippen molar-refractivity contribution in [3.05, 3.63) is 24.3 Å². The normalized spacial score (nSPS) is 10.7. The molecule has 0 saturated heterocycles. The molecular weight excluding hydrogens is 366 g/mol. The van der Waals surface area contributed by atoms with Crippen LogP contribution in [0.1, 0.15) is 20.3 Å². The fraction of sp³-hybridized carbons (Fsp3) is 0.444. The minimum absolute atomic E-state index is 0.0756. The number of carbonyl (C=O) groups excluding carboxylic acids is 2. The molecule has 0 aliphatic rings. The van der Waals surface area contributed by atoms with Gasteiger partial charge in [-0.1, -0.05) is 25.6 Å². The van der Waals surface area contributed by atoms with Crippen LogP contribution in [0.15, 0.2) is 29.4 Å². The molecule has 0 spiro atoms. The first-order valence-corrected chi connectivity index (χ1v) is 9.63. The summed E-state index contributed by atoms with van der Waals surface area (Å²) in [7, 11) is 3.44. The molecule has 0 unspecified atom stereocenters. The zero-order valence-corrected chi connectivity index (χ0v) is 16.8. The molecule has 1 aromatic heterocycles. The Morgan fingerprint density at radius 1 is 1.22 bits per heavy atom. The summed E-state index contributed by atoms with van der Waals surface area (Å²) in [6, 6.07) is 7.01. The quantitative estimate of drug-likeness (QED) is 0.671. The van der Waals surface area contributed by atoms with E-state index >= 15 is 0 Å². The minimum Gasteiger partial charge on any atom is -0.497 e. The Hall–Kier alpha value is -2.55. The summed E-state index contributed by atoms with van der Waals surface area (Å²) in [4.78, 5) is 23.6. The van der Waals surface area contributed by atoms with Gasteiger partial charge in [0.1, 0.15) is 5.75 Å². The maximum Gasteiger partial charge on any atom is 0.321 e. The van der Waals surface area contributed by atoms with Gasteiger partial charge in [-0.05, 0) is 36.6 Å². The summed E-state index contributed by atoms with van der Waals surface area (Å²) in [6.45, 7) is 4.68. The van der Waals surface area contributed by atoms with Crippen LogP contribution in [0, 0.1) is 5.92 Å². The number of urea groups is 1. The molecule has 0 atom stereocenters. The zero-order chi connectivity index (χ0) is 19.8. The molecule has 27 heavy (non-hydrogen) atoms. The zero-order valence-electron chi connectivity index (χ0n) is 16.0. The number of imide groups is 1. The summed E-state index contributed by atoms with van der Waals surface area (Å²) in [6.07, 6.45) is 0.865. The fourth-order valence-corrected chi connectivity index (χ4v) is 2.95. The van der Waals surface area contributed by atoms with Gasteiger partial charge in [-0.15, -0.1) is 10.2 Å². The predicted molar refractivity (Wildman–Crippen MR) is 105 cm³/mol. The molecule has 2 aromatic rings. The Kier molecular flexibility index (Phi) is 7.66. The van der Waals surface area contributed by atoms with Crippen molar-refractivity contribution in [2.45, 2.75) is 25.4 Å². The highest BCUT2D eigenvalue weighted by Crippen LogP contribution is 2.24. The van der Waals surface area contributed by atoms with Gasteiger partial charge in [-0.25, -0.2) is 4.79 Å². The van der Waals surface area contributed by atoms with Crippen LogP contribution in [0.5, 0.6) is 5.75 Å². The standard InChI is InChI=1S/C18H25N5O3S/c1-12(2)9-10-19-17(25)20-15(24)11-27-18-22-21-16(23(18)3)13-5-7-14(26-4)8-6-13/h5-8,12H,9-11H2,1-4H3,(H2,19,20,24,25). The van der Waals surface area contributed by atoms with Crippen LogP contribution in [0.2, 0.25) is 0 Å². The third-order valence-corrected chi connectivity index (χ3v) is 4.80. The molecule has 2 rings (SSSR count). The number of methoxy groups -OCH3 is 1. The van der Waals surface area contributed by atoms with E-state index in [9.17, 15) is 9.59 Å². The van der Waals surface area contributed by atoms with Crippen LogP contribution in [-0.2, 0) is 11.8 Å². The molecule has 146 valence electrons. The third kappa shape index (κ3) is 6.28. The van der Waals surface area contributed by atoms with Gasteiger partial charge < -0.3 is 14.6 Å². The molecule has 0 radical (unpaired) electrons. The maximum absolute atomic E-state index is 11.9. The Bertz CT molecular complexity index is 774. The van der Waals surface area contributed by atoms with E-state index in [2.05, 4.69) is 34.7 Å². The molecule has 2 N–H and O–H groups in total. The van der Waals surface area contributed by atoms with Crippen LogP contribution in [0.3, 0.4) is 0 Å². The number of carbonyl (C=O) groups is 2. The summed E-state index contributed by atoms with van der Waals surface area (Å²) in [5.74, 6) is 1.64. The van der Waals surface area contributed by atoms with Gasteiger partial charge in [-0.2, -0.15) is 0 Å². The van der Waals surface area contributed by atoms with Gasteiger partial charge in [0.05, 0.1) is 12.9 Å². The van der Waals surface area contributed by atoms with Crippen molar-refractivity contribution in [2.75, 3.05) is 19.4 Å². The molecule has 3 amide bonds. The average molecular weight is 391 g/mol. The van der Waals surface area contributed by atoms with Crippen molar-refractivity contribution in [1.29, 1.82) is 0 Å². The van der Waals surface area contributed by atoms with Crippen molar-refractivity contribution >= 4 is 23.7 Å². The van der Waals surface area contributed by atoms with Crippen LogP contribution in [0.25, 0.3) is 11.4 Å². The summed E-state index contributed by atoms with van der Waals surface area (Å²) in [5.41, 5.74) is 0.895. The van der Waals surface area contributed by atoms with E-state index in [0.29, 0.717) is 23.4 Å². The number of thioether (sulfide) groups is 1. The molecular formula is C18H25N5O3S. The van der Waals surface area contributed by atoms with Crippen molar-refractivity contribution in [2.24, 2.45) is 13.0 Å². The second-order valence-electron chi connectivity index (χ2n) is 6.37. The van der Waals surface area contributed by atoms with Crippen molar-refractivity contribution < 1.29 is 14.3 Å². The molecule has 0 fully saturated rings. The Labute approximate surface area is 163 Å². The van der Waals surface area contributed by atoms with E-state index in [1.54, 1.807) is 7.11 Å². The first kappa shape index (κ1) is 20.8. The first-order valence-electron chi connectivity index (χ1n) is 8.65. The molecule has 1 aromatic carbocycles. The highest BCUT2D eigenvalue weighted by molar-refractivity contribution is 7.99. The smallest absolute Gasteiger partial charge is 0.321 e. The third-order valence-electron chi connectivity index (χ3n) is 3.78. The SMILES string of the molecule is COc1ccc(-c2nnc(SCC(=O)NC(=O)NCCC(C)C)n2C)cc1. The number of hydrogen-bond acceptors (Lipinski definition) is 6. The number of nitrogens with zero attached hydrogens (tertiary/aromatic N) is 3. The van der Waals surface area contributed by atoms with Crippen molar-refractivity contribution in [3.8, 4) is 17.1 Å². The monoisotopic (exact) mass is 391 g/mol. The largest absolute Gasteiger partial charge is 0.497 e. The van der Waals surface area contributed by atoms with Gasteiger partial charge in [0, 0.05) is 19.2 Å². The van der Waals surface area contributed by atoms with Gasteiger partial charge in [-0.3, -0.25) is 10.1 Å². The average Bonchev–Trinajstić information content (AvgIpc) is 3.00. The predicted octanol–water partition coefficient (Wildman–Crippen LogP) is 2.45. The first-order chi connectivity index (χ1) is 12.9. The van der Waals surface area contributed by atoms with E-state index in [4.69, 9.17) is 4.74 Å². The molecule has 0 bridgehead atoms. The summed E-state index contributed by atoms with van der Waals surface area (Å²) in [5, 5.41) is 13.9. The number of benzene rings is 1. The van der Waals surface area contributed by atoms with Crippen molar-refractivity contribution in [3.63, 3.8) is 0 Å². The van der Waals surface area contributed by atoms with E-state index in [-0.39, 0.29) is 11.7 Å². The Morgan fingerprint density at radius 2 is 1.93 bits per heavy atom. The highest BCUT2D eigenvalue weighted by atomic mass is 32.2. The highest BCUT2D eigenvalue weighted by Gasteiger charge is 2.14. The van der Waals surface area contributed by atoms with E-state index in [1.807, 2.05) is 35.9 Å². The molecule has 9 heteroatoms. The summed E-state index contributed by atoms with van der Waals surface area (Å²) < 4.78 is 6.96. The lowest BCUT2D eigenvalue weighted by Crippen LogP contribution is -2.40. The van der Waals surface area contributed by atoms with Crippen LogP contribution >= 0.6 is 11.8 Å². The molecule has 8 nitrogen and oxygen atoms in total. The topological polar surface area (TPSA) is 98.1 Å².